The molecule has 0 saturated carbocycles. The average molecular weight is 282 g/mol. The molecule has 20 heavy (non-hydrogen) atoms. The molecule has 0 N–H and O–H groups in total. The molecule has 121 valence electrons. The van der Waals surface area contributed by atoms with Crippen LogP contribution in [0.1, 0.15) is 118 Å². The normalized spacial score (nSPS) is 12.0. The summed E-state index contributed by atoms with van der Waals surface area (Å²) in [5.41, 5.74) is 0.536. The van der Waals surface area contributed by atoms with Crippen LogP contribution in [0.25, 0.3) is 0 Å². The highest BCUT2D eigenvalue weighted by Gasteiger charge is 2.08. The summed E-state index contributed by atoms with van der Waals surface area (Å²) in [5.74, 6) is 0. The van der Waals surface area contributed by atoms with Crippen molar-refractivity contribution < 1.29 is 0 Å². The van der Waals surface area contributed by atoms with Gasteiger partial charge in [0.05, 0.1) is 0 Å². The van der Waals surface area contributed by atoms with Gasteiger partial charge in [-0.15, -0.1) is 0 Å². The van der Waals surface area contributed by atoms with Gasteiger partial charge < -0.3 is 0 Å². The van der Waals surface area contributed by atoms with Gasteiger partial charge in [0.2, 0.25) is 0 Å². The first kappa shape index (κ1) is 20.0. The van der Waals surface area contributed by atoms with Crippen molar-refractivity contribution in [2.75, 3.05) is 0 Å². The summed E-state index contributed by atoms with van der Waals surface area (Å²) in [6, 6.07) is 0. The van der Waals surface area contributed by atoms with E-state index in [2.05, 4.69) is 34.1 Å². The second kappa shape index (κ2) is 14.0. The maximum Gasteiger partial charge on any atom is -0.0383 e. The molecule has 0 aromatic heterocycles. The van der Waals surface area contributed by atoms with Crippen molar-refractivity contribution in [2.45, 2.75) is 118 Å². The molecular weight excluding hydrogens is 240 g/mol. The molecule has 0 unspecified atom stereocenters. The zero-order valence-corrected chi connectivity index (χ0v) is 15.0. The highest BCUT2D eigenvalue weighted by Crippen LogP contribution is 2.22. The Morgan fingerprint density at radius 3 is 1.55 bits per heavy atom. The fourth-order valence-electron chi connectivity index (χ4n) is 2.67. The second-order valence-electron chi connectivity index (χ2n) is 7.71. The fourth-order valence-corrected chi connectivity index (χ4v) is 2.67. The number of hydrogen-bond donors (Lipinski definition) is 0. The summed E-state index contributed by atoms with van der Waals surface area (Å²) in [6.07, 6.45) is 22.4. The van der Waals surface area contributed by atoms with Crippen LogP contribution in [-0.4, -0.2) is 0 Å². The second-order valence-corrected chi connectivity index (χ2v) is 7.71. The Kier molecular flexibility index (Phi) is 14.0. The van der Waals surface area contributed by atoms with Crippen LogP contribution in [-0.2, 0) is 0 Å². The maximum absolute atomic E-state index is 2.50. The summed E-state index contributed by atoms with van der Waals surface area (Å²) in [5, 5.41) is 0. The van der Waals surface area contributed by atoms with Gasteiger partial charge in [-0.3, -0.25) is 0 Å². The Bertz CT molecular complexity index is 175. The summed E-state index contributed by atoms with van der Waals surface area (Å²) in [4.78, 5) is 0. The van der Waals surface area contributed by atoms with Crippen LogP contribution in [0.3, 0.4) is 0 Å². The predicted molar refractivity (Wildman–Crippen MR) is 94.1 cm³/mol. The van der Waals surface area contributed by atoms with Crippen molar-refractivity contribution in [2.24, 2.45) is 5.41 Å². The molecule has 0 heterocycles. The topological polar surface area (TPSA) is 0 Å². The first-order chi connectivity index (χ1) is 9.56. The Hall–Kier alpha value is 0. The summed E-state index contributed by atoms with van der Waals surface area (Å²) >= 11 is 0. The quantitative estimate of drug-likeness (QED) is 0.286. The molecule has 1 radical (unpaired) electrons. The van der Waals surface area contributed by atoms with E-state index in [0.29, 0.717) is 5.41 Å². The van der Waals surface area contributed by atoms with E-state index >= 15 is 0 Å². The molecule has 0 saturated heterocycles. The number of unbranched alkanes of at least 4 members (excludes halogenated alkanes) is 13. The third-order valence-electron chi connectivity index (χ3n) is 4.10. The summed E-state index contributed by atoms with van der Waals surface area (Å²) in [6.45, 7) is 9.34. The molecular formula is C20H41. The van der Waals surface area contributed by atoms with Gasteiger partial charge in [-0.05, 0) is 18.3 Å². The lowest BCUT2D eigenvalue weighted by Gasteiger charge is -2.17. The standard InChI is InChI=1S/C20H41/c1-5-6-7-8-9-10-11-12-13-14-15-16-17-18-19-20(2,3)4/h8H,5-7,9-19H2,1-4H3. The lowest BCUT2D eigenvalue weighted by atomic mass is 9.89. The largest absolute Gasteiger partial charge is 0.0654 e. The molecule has 0 aromatic rings. The first-order valence-electron chi connectivity index (χ1n) is 9.38. The van der Waals surface area contributed by atoms with E-state index in [-0.39, 0.29) is 0 Å². The number of hydrogen-bond acceptors (Lipinski definition) is 0. The Morgan fingerprint density at radius 2 is 1.05 bits per heavy atom. The third-order valence-corrected chi connectivity index (χ3v) is 4.10. The average Bonchev–Trinajstić information content (AvgIpc) is 2.38. The van der Waals surface area contributed by atoms with Crippen LogP contribution in [0, 0.1) is 11.8 Å². The van der Waals surface area contributed by atoms with Crippen LogP contribution >= 0.6 is 0 Å². The Balaban J connectivity index is 2.99. The van der Waals surface area contributed by atoms with Gasteiger partial charge in [0.1, 0.15) is 0 Å². The van der Waals surface area contributed by atoms with Gasteiger partial charge in [-0.25, -0.2) is 0 Å². The molecule has 0 heteroatoms. The zero-order valence-electron chi connectivity index (χ0n) is 15.0. The van der Waals surface area contributed by atoms with E-state index in [9.17, 15) is 0 Å². The van der Waals surface area contributed by atoms with Gasteiger partial charge in [0.25, 0.3) is 0 Å². The Labute approximate surface area is 130 Å². The molecule has 0 fully saturated rings. The van der Waals surface area contributed by atoms with Gasteiger partial charge in [-0.2, -0.15) is 0 Å². The van der Waals surface area contributed by atoms with Crippen LogP contribution < -0.4 is 0 Å². The van der Waals surface area contributed by atoms with Crippen molar-refractivity contribution in [3.63, 3.8) is 0 Å². The Morgan fingerprint density at radius 1 is 0.600 bits per heavy atom. The molecule has 0 aliphatic carbocycles. The highest BCUT2D eigenvalue weighted by atomic mass is 14.1. The molecule has 0 aliphatic rings. The first-order valence-corrected chi connectivity index (χ1v) is 9.38. The predicted octanol–water partition coefficient (Wildman–Crippen LogP) is 7.72. The molecule has 0 spiro atoms. The number of rotatable bonds is 14. The fraction of sp³-hybridized carbons (Fsp3) is 0.950. The van der Waals surface area contributed by atoms with E-state index in [1.165, 1.54) is 89.9 Å². The smallest absolute Gasteiger partial charge is 0.0383 e. The molecule has 0 amide bonds. The molecule has 0 nitrogen and oxygen atoms in total. The molecule has 0 aliphatic heterocycles. The lowest BCUT2D eigenvalue weighted by molar-refractivity contribution is 0.356. The van der Waals surface area contributed by atoms with Gasteiger partial charge >= 0.3 is 0 Å². The summed E-state index contributed by atoms with van der Waals surface area (Å²) < 4.78 is 0. The van der Waals surface area contributed by atoms with E-state index in [1.807, 2.05) is 0 Å². The van der Waals surface area contributed by atoms with Crippen molar-refractivity contribution in [3.8, 4) is 0 Å². The molecule has 0 atom stereocenters. The minimum Gasteiger partial charge on any atom is -0.0654 e. The van der Waals surface area contributed by atoms with Crippen molar-refractivity contribution in [1.29, 1.82) is 0 Å². The van der Waals surface area contributed by atoms with Crippen LogP contribution in [0.4, 0.5) is 0 Å². The van der Waals surface area contributed by atoms with E-state index < -0.39 is 0 Å². The summed E-state index contributed by atoms with van der Waals surface area (Å²) in [7, 11) is 0. The SMILES string of the molecule is CCCC[CH]CCCCCCCCCCCC(C)(C)C. The van der Waals surface area contributed by atoms with Gasteiger partial charge in [-0.1, -0.05) is 111 Å². The van der Waals surface area contributed by atoms with E-state index in [1.54, 1.807) is 0 Å². The molecule has 0 bridgehead atoms. The minimum absolute atomic E-state index is 0.536. The van der Waals surface area contributed by atoms with Crippen LogP contribution in [0.2, 0.25) is 0 Å². The highest BCUT2D eigenvalue weighted by molar-refractivity contribution is 4.64. The molecule has 0 rings (SSSR count). The zero-order chi connectivity index (χ0) is 15.1. The van der Waals surface area contributed by atoms with Crippen molar-refractivity contribution in [1.82, 2.24) is 0 Å². The maximum atomic E-state index is 2.50. The molecule has 0 aromatic carbocycles. The monoisotopic (exact) mass is 281 g/mol. The third kappa shape index (κ3) is 18.0. The van der Waals surface area contributed by atoms with E-state index in [4.69, 9.17) is 0 Å². The van der Waals surface area contributed by atoms with Gasteiger partial charge in [0.15, 0.2) is 0 Å². The minimum atomic E-state index is 0.536. The van der Waals surface area contributed by atoms with Crippen LogP contribution in [0.5, 0.6) is 0 Å². The van der Waals surface area contributed by atoms with E-state index in [0.717, 1.165) is 0 Å². The van der Waals surface area contributed by atoms with Crippen molar-refractivity contribution in [3.05, 3.63) is 6.42 Å². The lowest BCUT2D eigenvalue weighted by Crippen LogP contribution is -2.03. The van der Waals surface area contributed by atoms with Crippen molar-refractivity contribution >= 4 is 0 Å². The van der Waals surface area contributed by atoms with Gasteiger partial charge in [0, 0.05) is 0 Å². The van der Waals surface area contributed by atoms with Crippen LogP contribution in [0.15, 0.2) is 0 Å².